The molecule has 128 valence electrons. The summed E-state index contributed by atoms with van der Waals surface area (Å²) in [6.07, 6.45) is -0.0497. The summed E-state index contributed by atoms with van der Waals surface area (Å²) < 4.78 is 13.4. The van der Waals surface area contributed by atoms with Crippen molar-refractivity contribution in [2.24, 2.45) is 5.73 Å². The van der Waals surface area contributed by atoms with Crippen LogP contribution >= 0.6 is 0 Å². The van der Waals surface area contributed by atoms with Crippen LogP contribution in [0.15, 0.2) is 42.5 Å². The lowest BCUT2D eigenvalue weighted by Crippen LogP contribution is -2.31. The van der Waals surface area contributed by atoms with E-state index in [1.54, 1.807) is 24.3 Å². The van der Waals surface area contributed by atoms with Gasteiger partial charge in [0, 0.05) is 17.8 Å². The van der Waals surface area contributed by atoms with E-state index in [9.17, 15) is 18.8 Å². The number of nitrogens with two attached hydrogens (primary N) is 1. The third kappa shape index (κ3) is 3.65. The lowest BCUT2D eigenvalue weighted by atomic mass is 9.89. The number of primary amides is 1. The van der Waals surface area contributed by atoms with Crippen LogP contribution in [-0.2, 0) is 20.8 Å². The number of amides is 3. The summed E-state index contributed by atoms with van der Waals surface area (Å²) in [5, 5.41) is 5.31. The molecule has 0 aliphatic carbocycles. The van der Waals surface area contributed by atoms with Crippen LogP contribution in [0.25, 0.3) is 0 Å². The number of anilines is 2. The van der Waals surface area contributed by atoms with E-state index in [-0.39, 0.29) is 18.7 Å². The van der Waals surface area contributed by atoms with E-state index in [2.05, 4.69) is 10.6 Å². The highest BCUT2D eigenvalue weighted by Crippen LogP contribution is 2.33. The van der Waals surface area contributed by atoms with Crippen molar-refractivity contribution in [3.63, 3.8) is 0 Å². The Morgan fingerprint density at radius 3 is 2.76 bits per heavy atom. The van der Waals surface area contributed by atoms with Crippen molar-refractivity contribution in [2.75, 3.05) is 10.6 Å². The topological polar surface area (TPSA) is 101 Å². The Hall–Kier alpha value is -3.22. The largest absolute Gasteiger partial charge is 0.369 e. The molecule has 0 fully saturated rings. The van der Waals surface area contributed by atoms with E-state index >= 15 is 0 Å². The summed E-state index contributed by atoms with van der Waals surface area (Å²) in [6.45, 7) is 0. The summed E-state index contributed by atoms with van der Waals surface area (Å²) in [5.41, 5.74) is 7.11. The van der Waals surface area contributed by atoms with Gasteiger partial charge in [-0.25, -0.2) is 4.39 Å². The van der Waals surface area contributed by atoms with Crippen LogP contribution in [0.5, 0.6) is 0 Å². The number of carbonyl (C=O) groups excluding carboxylic acids is 3. The van der Waals surface area contributed by atoms with Crippen molar-refractivity contribution >= 4 is 29.1 Å². The second-order valence-electron chi connectivity index (χ2n) is 5.83. The van der Waals surface area contributed by atoms with Gasteiger partial charge in [-0.05, 0) is 29.3 Å². The monoisotopic (exact) mass is 341 g/mol. The first-order valence-corrected chi connectivity index (χ1v) is 7.70. The van der Waals surface area contributed by atoms with Crippen LogP contribution in [-0.4, -0.2) is 17.7 Å². The molecule has 2 aromatic carbocycles. The average molecular weight is 341 g/mol. The standard InChI is InChI=1S/C18H16FN3O3/c19-11-5-6-12-13(9-17(24)21-15(12)8-11)18(25)22-14-4-2-1-3-10(14)7-16(20)23/h1-6,8,13H,7,9H2,(H2,20,23)(H,21,24)(H,22,25). The van der Waals surface area contributed by atoms with Crippen LogP contribution in [0.3, 0.4) is 0 Å². The number of benzene rings is 2. The number of hydrogen-bond acceptors (Lipinski definition) is 3. The van der Waals surface area contributed by atoms with Crippen molar-refractivity contribution in [3.05, 3.63) is 59.4 Å². The molecular weight excluding hydrogens is 325 g/mol. The number of rotatable bonds is 4. The van der Waals surface area contributed by atoms with Gasteiger partial charge in [-0.1, -0.05) is 24.3 Å². The van der Waals surface area contributed by atoms with Crippen molar-refractivity contribution in [1.82, 2.24) is 0 Å². The van der Waals surface area contributed by atoms with Gasteiger partial charge in [-0.2, -0.15) is 0 Å². The van der Waals surface area contributed by atoms with E-state index in [4.69, 9.17) is 5.73 Å². The highest BCUT2D eigenvalue weighted by atomic mass is 19.1. The molecular formula is C18H16FN3O3. The van der Waals surface area contributed by atoms with Gasteiger partial charge in [0.25, 0.3) is 0 Å². The first-order valence-electron chi connectivity index (χ1n) is 7.70. The summed E-state index contributed by atoms with van der Waals surface area (Å²) in [4.78, 5) is 35.7. The van der Waals surface area contributed by atoms with Crippen molar-refractivity contribution in [1.29, 1.82) is 0 Å². The molecule has 4 N–H and O–H groups in total. The van der Waals surface area contributed by atoms with Crippen LogP contribution in [0.4, 0.5) is 15.8 Å². The second kappa shape index (κ2) is 6.72. The number of halogens is 1. The summed E-state index contributed by atoms with van der Waals surface area (Å²) in [5.74, 6) is -2.51. The van der Waals surface area contributed by atoms with Gasteiger partial charge < -0.3 is 16.4 Å². The maximum atomic E-state index is 13.4. The van der Waals surface area contributed by atoms with Crippen molar-refractivity contribution in [2.45, 2.75) is 18.8 Å². The Kier molecular flexibility index (Phi) is 4.47. The fraction of sp³-hybridized carbons (Fsp3) is 0.167. The molecule has 0 aromatic heterocycles. The molecule has 6 nitrogen and oxygen atoms in total. The zero-order valence-corrected chi connectivity index (χ0v) is 13.2. The molecule has 1 heterocycles. The maximum Gasteiger partial charge on any atom is 0.232 e. The van der Waals surface area contributed by atoms with E-state index in [1.165, 1.54) is 18.2 Å². The second-order valence-corrected chi connectivity index (χ2v) is 5.83. The molecule has 3 amide bonds. The smallest absolute Gasteiger partial charge is 0.232 e. The Morgan fingerprint density at radius 1 is 1.24 bits per heavy atom. The highest BCUT2D eigenvalue weighted by Gasteiger charge is 2.31. The molecule has 0 bridgehead atoms. The molecule has 0 saturated heterocycles. The molecule has 0 radical (unpaired) electrons. The van der Waals surface area contributed by atoms with Gasteiger partial charge >= 0.3 is 0 Å². The van der Waals surface area contributed by atoms with Crippen LogP contribution in [0, 0.1) is 5.82 Å². The zero-order chi connectivity index (χ0) is 18.0. The molecule has 0 spiro atoms. The van der Waals surface area contributed by atoms with Crippen molar-refractivity contribution in [3.8, 4) is 0 Å². The number of hydrogen-bond donors (Lipinski definition) is 3. The van der Waals surface area contributed by atoms with Gasteiger partial charge in [0.2, 0.25) is 17.7 Å². The van der Waals surface area contributed by atoms with E-state index in [0.717, 1.165) is 0 Å². The number of para-hydroxylation sites is 1. The summed E-state index contributed by atoms with van der Waals surface area (Å²) >= 11 is 0. The van der Waals surface area contributed by atoms with Gasteiger partial charge in [0.1, 0.15) is 5.82 Å². The van der Waals surface area contributed by atoms with Gasteiger partial charge in [-0.15, -0.1) is 0 Å². The minimum Gasteiger partial charge on any atom is -0.369 e. The number of nitrogens with one attached hydrogen (secondary N) is 2. The van der Waals surface area contributed by atoms with Crippen molar-refractivity contribution < 1.29 is 18.8 Å². The van der Waals surface area contributed by atoms with Gasteiger partial charge in [0.05, 0.1) is 12.3 Å². The Labute approximate surface area is 143 Å². The Balaban J connectivity index is 1.88. The third-order valence-electron chi connectivity index (χ3n) is 4.01. The maximum absolute atomic E-state index is 13.4. The summed E-state index contributed by atoms with van der Waals surface area (Å²) in [6, 6.07) is 10.7. The number of fused-ring (bicyclic) bond motifs is 1. The molecule has 7 heteroatoms. The SMILES string of the molecule is NC(=O)Cc1ccccc1NC(=O)C1CC(=O)Nc2cc(F)ccc21. The molecule has 25 heavy (non-hydrogen) atoms. The molecule has 1 unspecified atom stereocenters. The predicted octanol–water partition coefficient (Wildman–Crippen LogP) is 1.92. The minimum absolute atomic E-state index is 0.0105. The van der Waals surface area contributed by atoms with Crippen LogP contribution in [0.2, 0.25) is 0 Å². The third-order valence-corrected chi connectivity index (χ3v) is 4.01. The zero-order valence-electron chi connectivity index (χ0n) is 13.2. The van der Waals surface area contributed by atoms with Crippen LogP contribution < -0.4 is 16.4 Å². The quantitative estimate of drug-likeness (QED) is 0.792. The lowest BCUT2D eigenvalue weighted by molar-refractivity contribution is -0.123. The van der Waals surface area contributed by atoms with E-state index < -0.39 is 23.5 Å². The highest BCUT2D eigenvalue weighted by molar-refractivity contribution is 6.05. The average Bonchev–Trinajstić information content (AvgIpc) is 2.55. The molecule has 1 atom stereocenters. The first kappa shape index (κ1) is 16.6. The molecule has 3 rings (SSSR count). The first-order chi connectivity index (χ1) is 11.9. The van der Waals surface area contributed by atoms with Gasteiger partial charge in [-0.3, -0.25) is 14.4 Å². The Bertz CT molecular complexity index is 866. The fourth-order valence-electron chi connectivity index (χ4n) is 2.88. The predicted molar refractivity (Wildman–Crippen MR) is 90.4 cm³/mol. The lowest BCUT2D eigenvalue weighted by Gasteiger charge is -2.25. The fourth-order valence-corrected chi connectivity index (χ4v) is 2.88. The van der Waals surface area contributed by atoms with Crippen LogP contribution in [0.1, 0.15) is 23.5 Å². The van der Waals surface area contributed by atoms with E-state index in [1.807, 2.05) is 0 Å². The molecule has 1 aliphatic heterocycles. The molecule has 1 aliphatic rings. The molecule has 0 saturated carbocycles. The molecule has 2 aromatic rings. The Morgan fingerprint density at radius 2 is 2.00 bits per heavy atom. The number of carbonyl (C=O) groups is 3. The van der Waals surface area contributed by atoms with E-state index in [0.29, 0.717) is 22.5 Å². The van der Waals surface area contributed by atoms with Gasteiger partial charge in [0.15, 0.2) is 0 Å². The normalized spacial score (nSPS) is 15.9. The minimum atomic E-state index is -0.744. The summed E-state index contributed by atoms with van der Waals surface area (Å²) in [7, 11) is 0.